The molecule has 0 heterocycles. The van der Waals surface area contributed by atoms with Gasteiger partial charge in [0.25, 0.3) is 0 Å². The summed E-state index contributed by atoms with van der Waals surface area (Å²) in [5.74, 6) is 5.08. The first kappa shape index (κ1) is 5.52. The van der Waals surface area contributed by atoms with Crippen LogP contribution in [0.15, 0.2) is 0 Å². The molecule has 0 fully saturated rings. The van der Waals surface area contributed by atoms with Gasteiger partial charge in [-0.2, -0.15) is 0 Å². The summed E-state index contributed by atoms with van der Waals surface area (Å²) in [5.41, 5.74) is 0. The molecule has 34 valence electrons. The molecule has 0 rings (SSSR count). The second-order valence-electron chi connectivity index (χ2n) is 1.07. The molecule has 0 aromatic rings. The molecule has 0 unspecified atom stereocenters. The topological polar surface area (TPSA) is 20.2 Å². The van der Waals surface area contributed by atoms with Gasteiger partial charge in [0, 0.05) is 0 Å². The average Bonchev–Trinajstić information content (AvgIpc) is 1.35. The Kier molecular flexibility index (Phi) is 2.52. The highest BCUT2D eigenvalue weighted by Crippen LogP contribution is 1.69. The molecule has 0 aromatic heterocycles. The Bertz CT molecular complexity index is 73.7. The van der Waals surface area contributed by atoms with E-state index in [0.29, 0.717) is 0 Å². The van der Waals surface area contributed by atoms with Crippen LogP contribution in [-0.4, -0.2) is 11.2 Å². The summed E-state index contributed by atoms with van der Waals surface area (Å²) in [7, 11) is 0. The maximum absolute atomic E-state index is 8.38. The molecule has 0 spiro atoms. The summed E-state index contributed by atoms with van der Waals surface area (Å²) in [4.78, 5) is 0. The van der Waals surface area contributed by atoms with Crippen LogP contribution in [0.5, 0.6) is 0 Å². The SMILES string of the molecule is CC#C[C@@H](C)O. The van der Waals surface area contributed by atoms with E-state index < -0.39 is 6.10 Å². The fourth-order valence-corrected chi connectivity index (χ4v) is 0.209. The molecule has 0 aliphatic carbocycles. The van der Waals surface area contributed by atoms with Crippen LogP contribution >= 0.6 is 0 Å². The van der Waals surface area contributed by atoms with E-state index in [0.717, 1.165) is 0 Å². The molecular weight excluding hydrogens is 76.1 g/mol. The lowest BCUT2D eigenvalue weighted by molar-refractivity contribution is 0.253. The molecule has 6 heavy (non-hydrogen) atoms. The Morgan fingerprint density at radius 2 is 2.17 bits per heavy atom. The molecule has 0 saturated carbocycles. The number of aliphatic hydroxyl groups is 1. The average molecular weight is 84.1 g/mol. The molecule has 1 N–H and O–H groups in total. The highest BCUT2D eigenvalue weighted by Gasteiger charge is 1.77. The number of hydrogen-bond acceptors (Lipinski definition) is 1. The van der Waals surface area contributed by atoms with Crippen molar-refractivity contribution in [1.29, 1.82) is 0 Å². The van der Waals surface area contributed by atoms with E-state index >= 15 is 0 Å². The molecule has 0 saturated heterocycles. The smallest absolute Gasteiger partial charge is 0.111 e. The lowest BCUT2D eigenvalue weighted by atomic mass is 10.4. The van der Waals surface area contributed by atoms with Crippen LogP contribution in [0.2, 0.25) is 0 Å². The lowest BCUT2D eigenvalue weighted by Gasteiger charge is -1.82. The summed E-state index contributed by atoms with van der Waals surface area (Å²) in [6, 6.07) is 0. The maximum Gasteiger partial charge on any atom is 0.111 e. The van der Waals surface area contributed by atoms with Gasteiger partial charge in [0.05, 0.1) is 0 Å². The fraction of sp³-hybridized carbons (Fsp3) is 0.600. The van der Waals surface area contributed by atoms with E-state index in [-0.39, 0.29) is 0 Å². The van der Waals surface area contributed by atoms with Crippen molar-refractivity contribution in [2.75, 3.05) is 0 Å². The summed E-state index contributed by atoms with van der Waals surface area (Å²) >= 11 is 0. The third kappa shape index (κ3) is 3.52. The molecule has 0 aliphatic rings. The highest BCUT2D eigenvalue weighted by atomic mass is 16.3. The van der Waals surface area contributed by atoms with Crippen molar-refractivity contribution in [1.82, 2.24) is 0 Å². The van der Waals surface area contributed by atoms with Gasteiger partial charge >= 0.3 is 0 Å². The van der Waals surface area contributed by atoms with E-state index in [9.17, 15) is 0 Å². The molecule has 0 amide bonds. The minimum Gasteiger partial charge on any atom is -0.381 e. The van der Waals surface area contributed by atoms with Crippen LogP contribution in [0.1, 0.15) is 13.8 Å². The van der Waals surface area contributed by atoms with Gasteiger partial charge in [0.2, 0.25) is 0 Å². The summed E-state index contributed by atoms with van der Waals surface area (Å²) in [6.45, 7) is 3.34. The molecular formula is C5H8O. The van der Waals surface area contributed by atoms with Crippen LogP contribution in [0.4, 0.5) is 0 Å². The van der Waals surface area contributed by atoms with E-state index in [1.165, 1.54) is 0 Å². The zero-order valence-electron chi connectivity index (χ0n) is 4.02. The van der Waals surface area contributed by atoms with Crippen LogP contribution < -0.4 is 0 Å². The van der Waals surface area contributed by atoms with Gasteiger partial charge in [-0.05, 0) is 13.8 Å². The summed E-state index contributed by atoms with van der Waals surface area (Å²) in [5, 5.41) is 8.38. The van der Waals surface area contributed by atoms with Crippen LogP contribution in [0, 0.1) is 11.8 Å². The zero-order chi connectivity index (χ0) is 4.99. The van der Waals surface area contributed by atoms with Crippen molar-refractivity contribution < 1.29 is 5.11 Å². The quantitative estimate of drug-likeness (QED) is 0.421. The zero-order valence-corrected chi connectivity index (χ0v) is 4.02. The summed E-state index contributed by atoms with van der Waals surface area (Å²) in [6.07, 6.45) is -0.463. The van der Waals surface area contributed by atoms with Gasteiger partial charge in [-0.1, -0.05) is 5.92 Å². The monoisotopic (exact) mass is 84.1 g/mol. The molecule has 1 nitrogen and oxygen atoms in total. The molecule has 0 bridgehead atoms. The van der Waals surface area contributed by atoms with Crippen molar-refractivity contribution in [2.24, 2.45) is 0 Å². The molecule has 0 aromatic carbocycles. The van der Waals surface area contributed by atoms with E-state index in [1.807, 2.05) is 0 Å². The van der Waals surface area contributed by atoms with Gasteiger partial charge in [-0.3, -0.25) is 0 Å². The Hall–Kier alpha value is -0.480. The van der Waals surface area contributed by atoms with Gasteiger partial charge in [-0.15, -0.1) is 5.92 Å². The molecule has 1 heteroatoms. The van der Waals surface area contributed by atoms with Gasteiger partial charge in [0.1, 0.15) is 6.10 Å². The predicted molar refractivity (Wildman–Crippen MR) is 25.1 cm³/mol. The number of rotatable bonds is 0. The minimum atomic E-state index is -0.463. The second kappa shape index (κ2) is 2.74. The number of aliphatic hydroxyl groups excluding tert-OH is 1. The second-order valence-corrected chi connectivity index (χ2v) is 1.07. The predicted octanol–water partition coefficient (Wildman–Crippen LogP) is 0.391. The van der Waals surface area contributed by atoms with Gasteiger partial charge in [0.15, 0.2) is 0 Å². The maximum atomic E-state index is 8.38. The first-order valence-corrected chi connectivity index (χ1v) is 1.87. The molecule has 0 aliphatic heterocycles. The van der Waals surface area contributed by atoms with Crippen molar-refractivity contribution in [3.8, 4) is 11.8 Å². The first-order chi connectivity index (χ1) is 2.77. The van der Waals surface area contributed by atoms with E-state index in [1.54, 1.807) is 13.8 Å². The van der Waals surface area contributed by atoms with E-state index in [2.05, 4.69) is 11.8 Å². The minimum absolute atomic E-state index is 0.463. The van der Waals surface area contributed by atoms with Crippen LogP contribution in [0.25, 0.3) is 0 Å². The van der Waals surface area contributed by atoms with Crippen molar-refractivity contribution >= 4 is 0 Å². The van der Waals surface area contributed by atoms with Crippen molar-refractivity contribution in [3.05, 3.63) is 0 Å². The Morgan fingerprint density at radius 1 is 1.67 bits per heavy atom. The highest BCUT2D eigenvalue weighted by molar-refractivity contribution is 4.99. The van der Waals surface area contributed by atoms with Crippen molar-refractivity contribution in [2.45, 2.75) is 20.0 Å². The standard InChI is InChI=1S/C5H8O/c1-3-4-5(2)6/h5-6H,1-2H3/t5-/m1/s1. The van der Waals surface area contributed by atoms with Gasteiger partial charge in [-0.25, -0.2) is 0 Å². The van der Waals surface area contributed by atoms with Gasteiger partial charge < -0.3 is 5.11 Å². The summed E-state index contributed by atoms with van der Waals surface area (Å²) < 4.78 is 0. The lowest BCUT2D eigenvalue weighted by Crippen LogP contribution is -1.91. The fourth-order valence-electron chi connectivity index (χ4n) is 0.209. The van der Waals surface area contributed by atoms with Crippen LogP contribution in [-0.2, 0) is 0 Å². The van der Waals surface area contributed by atoms with Crippen molar-refractivity contribution in [3.63, 3.8) is 0 Å². The van der Waals surface area contributed by atoms with Crippen LogP contribution in [0.3, 0.4) is 0 Å². The molecule has 0 radical (unpaired) electrons. The normalized spacial score (nSPS) is 11.8. The third-order valence-corrected chi connectivity index (χ3v) is 0.353. The number of hydrogen-bond donors (Lipinski definition) is 1. The Balaban J connectivity index is 3.20. The Labute approximate surface area is 38.0 Å². The Morgan fingerprint density at radius 3 is 2.17 bits per heavy atom. The third-order valence-electron chi connectivity index (χ3n) is 0.353. The van der Waals surface area contributed by atoms with E-state index in [4.69, 9.17) is 5.11 Å². The largest absolute Gasteiger partial charge is 0.381 e. The first-order valence-electron chi connectivity index (χ1n) is 1.87. The molecule has 1 atom stereocenters.